The minimum atomic E-state index is -0.740. The van der Waals surface area contributed by atoms with Gasteiger partial charge in [-0.15, -0.1) is 0 Å². The van der Waals surface area contributed by atoms with Crippen molar-refractivity contribution in [2.75, 3.05) is 13.2 Å². The molecular formula is C20H21N3O4. The number of rotatable bonds is 6. The van der Waals surface area contributed by atoms with E-state index in [0.29, 0.717) is 6.54 Å². The number of carbonyl (C=O) groups excluding carboxylic acids is 2. The van der Waals surface area contributed by atoms with Crippen molar-refractivity contribution in [3.8, 4) is 12.0 Å². The van der Waals surface area contributed by atoms with E-state index in [-0.39, 0.29) is 35.3 Å². The summed E-state index contributed by atoms with van der Waals surface area (Å²) in [6.07, 6.45) is 8.31. The van der Waals surface area contributed by atoms with Crippen LogP contribution in [0.5, 0.6) is 0 Å². The van der Waals surface area contributed by atoms with Gasteiger partial charge in [0.05, 0.1) is 0 Å². The molecule has 0 radical (unpaired) electrons. The van der Waals surface area contributed by atoms with E-state index in [2.05, 4.69) is 0 Å². The molecule has 1 aliphatic rings. The molecule has 2 aromatic rings. The Labute approximate surface area is 157 Å². The molecule has 0 N–H and O–H groups in total. The van der Waals surface area contributed by atoms with E-state index in [1.807, 2.05) is 19.1 Å². The number of aromatic nitrogens is 1. The third kappa shape index (κ3) is 3.65. The fourth-order valence-corrected chi connectivity index (χ4v) is 3.25. The maximum absolute atomic E-state index is 12.5. The fourth-order valence-electron chi connectivity index (χ4n) is 3.25. The van der Waals surface area contributed by atoms with Gasteiger partial charge in [-0.3, -0.25) is 9.36 Å². The molecule has 0 spiro atoms. The molecular weight excluding hydrogens is 346 g/mol. The van der Waals surface area contributed by atoms with Crippen molar-refractivity contribution in [2.24, 2.45) is 0 Å². The molecule has 1 amide bonds. The molecule has 0 saturated carbocycles. The summed E-state index contributed by atoms with van der Waals surface area (Å²) in [6.45, 7) is 3.62. The molecule has 140 valence electrons. The Morgan fingerprint density at radius 3 is 2.70 bits per heavy atom. The first-order valence-corrected chi connectivity index (χ1v) is 8.90. The Morgan fingerprint density at radius 1 is 1.37 bits per heavy atom. The Balaban J connectivity index is 1.75. The molecule has 1 aliphatic carbocycles. The number of furan rings is 1. The van der Waals surface area contributed by atoms with Crippen molar-refractivity contribution in [3.63, 3.8) is 0 Å². The quantitative estimate of drug-likeness (QED) is 0.731. The van der Waals surface area contributed by atoms with E-state index in [1.165, 1.54) is 0 Å². The highest BCUT2D eigenvalue weighted by Crippen LogP contribution is 2.26. The Kier molecular flexibility index (Phi) is 5.46. The highest BCUT2D eigenvalue weighted by molar-refractivity contribution is 5.95. The number of hydrogen-bond acceptors (Lipinski definition) is 5. The zero-order valence-electron chi connectivity index (χ0n) is 15.4. The topological polar surface area (TPSA) is 88.5 Å². The van der Waals surface area contributed by atoms with Crippen LogP contribution in [0.25, 0.3) is 5.88 Å². The van der Waals surface area contributed by atoms with Crippen LogP contribution in [0.4, 0.5) is 0 Å². The Bertz CT molecular complexity index is 916. The number of ether oxygens (including phenoxy) is 1. The first-order chi connectivity index (χ1) is 13.1. The molecule has 27 heavy (non-hydrogen) atoms. The van der Waals surface area contributed by atoms with Crippen LogP contribution in [0, 0.1) is 18.3 Å². The van der Waals surface area contributed by atoms with Gasteiger partial charge in [-0.2, -0.15) is 5.26 Å². The van der Waals surface area contributed by atoms with Crippen molar-refractivity contribution >= 4 is 11.9 Å². The number of aryl methyl sites for hydroxylation is 1. The number of carbonyl (C=O) groups is 2. The highest BCUT2D eigenvalue weighted by atomic mass is 16.5. The van der Waals surface area contributed by atoms with E-state index in [0.717, 1.165) is 25.0 Å². The summed E-state index contributed by atoms with van der Waals surface area (Å²) in [7, 11) is 0. The lowest BCUT2D eigenvalue weighted by molar-refractivity contribution is -0.132. The summed E-state index contributed by atoms with van der Waals surface area (Å²) in [5.41, 5.74) is 1.12. The summed E-state index contributed by atoms with van der Waals surface area (Å²) < 4.78 is 12.4. The second-order valence-electron chi connectivity index (χ2n) is 6.22. The Morgan fingerprint density at radius 2 is 2.11 bits per heavy atom. The lowest BCUT2D eigenvalue weighted by atomic mass is 10.1. The van der Waals surface area contributed by atoms with Gasteiger partial charge < -0.3 is 14.1 Å². The zero-order valence-corrected chi connectivity index (χ0v) is 15.4. The SMILES string of the molecule is CCN(C(=O)COC(=O)c1c(C)oc(-n2cccc2)c1C#N)C1=CCCC1. The number of amides is 1. The van der Waals surface area contributed by atoms with Crippen LogP contribution in [-0.2, 0) is 9.53 Å². The van der Waals surface area contributed by atoms with Gasteiger partial charge in [-0.05, 0) is 45.2 Å². The van der Waals surface area contributed by atoms with Crippen LogP contribution in [0.3, 0.4) is 0 Å². The van der Waals surface area contributed by atoms with Crippen LogP contribution >= 0.6 is 0 Å². The van der Waals surface area contributed by atoms with Crippen molar-refractivity contribution in [2.45, 2.75) is 33.1 Å². The van der Waals surface area contributed by atoms with Crippen molar-refractivity contribution in [1.82, 2.24) is 9.47 Å². The van der Waals surface area contributed by atoms with Crippen LogP contribution in [0.2, 0.25) is 0 Å². The van der Waals surface area contributed by atoms with Crippen molar-refractivity contribution in [1.29, 1.82) is 5.26 Å². The van der Waals surface area contributed by atoms with Crippen LogP contribution < -0.4 is 0 Å². The number of esters is 1. The van der Waals surface area contributed by atoms with Gasteiger partial charge in [-0.1, -0.05) is 6.08 Å². The predicted octanol–water partition coefficient (Wildman–Crippen LogP) is 3.32. The third-order valence-corrected chi connectivity index (χ3v) is 4.53. The molecule has 0 atom stereocenters. The molecule has 7 heteroatoms. The minimum absolute atomic E-state index is 0.0529. The fraction of sp³-hybridized carbons (Fsp3) is 0.350. The molecule has 2 aromatic heterocycles. The van der Waals surface area contributed by atoms with Gasteiger partial charge in [0.2, 0.25) is 5.88 Å². The summed E-state index contributed by atoms with van der Waals surface area (Å²) in [6, 6.07) is 5.57. The molecule has 0 fully saturated rings. The zero-order chi connectivity index (χ0) is 19.4. The van der Waals surface area contributed by atoms with Gasteiger partial charge in [0.15, 0.2) is 6.61 Å². The van der Waals surface area contributed by atoms with E-state index < -0.39 is 5.97 Å². The summed E-state index contributed by atoms with van der Waals surface area (Å²) >= 11 is 0. The molecule has 2 heterocycles. The third-order valence-electron chi connectivity index (χ3n) is 4.53. The monoisotopic (exact) mass is 367 g/mol. The van der Waals surface area contributed by atoms with Gasteiger partial charge in [0.1, 0.15) is 23.0 Å². The minimum Gasteiger partial charge on any atom is -0.452 e. The summed E-state index contributed by atoms with van der Waals surface area (Å²) in [5.74, 6) is -0.483. The highest BCUT2D eigenvalue weighted by Gasteiger charge is 2.27. The molecule has 0 aromatic carbocycles. The second-order valence-corrected chi connectivity index (χ2v) is 6.22. The number of likely N-dealkylation sites (N-methyl/N-ethyl adjacent to an activating group) is 1. The number of allylic oxidation sites excluding steroid dienone is 2. The van der Waals surface area contributed by atoms with E-state index in [4.69, 9.17) is 9.15 Å². The van der Waals surface area contributed by atoms with Crippen LogP contribution in [-0.4, -0.2) is 34.5 Å². The maximum Gasteiger partial charge on any atom is 0.343 e. The largest absolute Gasteiger partial charge is 0.452 e. The van der Waals surface area contributed by atoms with E-state index in [1.54, 1.807) is 40.9 Å². The van der Waals surface area contributed by atoms with Gasteiger partial charge in [0, 0.05) is 24.6 Å². The summed E-state index contributed by atoms with van der Waals surface area (Å²) in [5, 5.41) is 9.49. The molecule has 0 bridgehead atoms. The van der Waals surface area contributed by atoms with E-state index in [9.17, 15) is 14.9 Å². The maximum atomic E-state index is 12.5. The number of nitrogens with zero attached hydrogens (tertiary/aromatic N) is 3. The second kappa shape index (κ2) is 7.96. The first-order valence-electron chi connectivity index (χ1n) is 8.90. The average Bonchev–Trinajstić information content (AvgIpc) is 3.40. The lowest BCUT2D eigenvalue weighted by Gasteiger charge is -2.22. The van der Waals surface area contributed by atoms with E-state index >= 15 is 0 Å². The predicted molar refractivity (Wildman–Crippen MR) is 97.1 cm³/mol. The van der Waals surface area contributed by atoms with Gasteiger partial charge >= 0.3 is 5.97 Å². The Hall–Kier alpha value is -3.27. The molecule has 3 rings (SSSR count). The molecule has 7 nitrogen and oxygen atoms in total. The van der Waals surface area contributed by atoms with Crippen LogP contribution in [0.1, 0.15) is 47.9 Å². The van der Waals surface area contributed by atoms with Crippen LogP contribution in [0.15, 0.2) is 40.7 Å². The molecule has 0 aliphatic heterocycles. The normalized spacial score (nSPS) is 13.1. The van der Waals surface area contributed by atoms with Gasteiger partial charge in [0.25, 0.3) is 5.91 Å². The lowest BCUT2D eigenvalue weighted by Crippen LogP contribution is -2.33. The van der Waals surface area contributed by atoms with Crippen molar-refractivity contribution in [3.05, 3.63) is 53.2 Å². The standard InChI is InChI=1S/C20H21N3O4/c1-3-23(15-8-4-5-9-15)17(24)13-26-20(25)18-14(2)27-19(16(18)12-21)22-10-6-7-11-22/h6-8,10-11H,3-5,9,13H2,1-2H3. The molecule has 0 unspecified atom stereocenters. The average molecular weight is 367 g/mol. The smallest absolute Gasteiger partial charge is 0.343 e. The summed E-state index contributed by atoms with van der Waals surface area (Å²) in [4.78, 5) is 26.6. The van der Waals surface area contributed by atoms with Crippen molar-refractivity contribution < 1.29 is 18.7 Å². The number of nitriles is 1. The molecule has 0 saturated heterocycles. The first kappa shape index (κ1) is 18.5. The van der Waals surface area contributed by atoms with Gasteiger partial charge in [-0.25, -0.2) is 4.79 Å². The number of hydrogen-bond donors (Lipinski definition) is 0.